The molecule has 2 atom stereocenters. The molecule has 0 aromatic heterocycles. The van der Waals surface area contributed by atoms with Gasteiger partial charge in [0.25, 0.3) is 0 Å². The summed E-state index contributed by atoms with van der Waals surface area (Å²) in [4.78, 5) is 2.88. The smallest absolute Gasteiger partial charge is 0.0198 e. The lowest BCUT2D eigenvalue weighted by atomic mass is 9.87. The van der Waals surface area contributed by atoms with E-state index in [1.807, 2.05) is 0 Å². The number of hydrogen-bond acceptors (Lipinski definition) is 2. The van der Waals surface area contributed by atoms with Crippen molar-refractivity contribution in [2.24, 2.45) is 11.8 Å². The molecule has 0 spiro atoms. The van der Waals surface area contributed by atoms with Gasteiger partial charge in [-0.3, -0.25) is 4.90 Å². The molecule has 1 N–H and O–H groups in total. The number of likely N-dealkylation sites (tertiary alicyclic amines) is 1. The minimum Gasteiger partial charge on any atom is -0.312 e. The highest BCUT2D eigenvalue weighted by Crippen LogP contribution is 2.30. The molecule has 2 nitrogen and oxygen atoms in total. The molecule has 3 rings (SSSR count). The van der Waals surface area contributed by atoms with E-state index >= 15 is 0 Å². The van der Waals surface area contributed by atoms with E-state index < -0.39 is 0 Å². The molecule has 0 radical (unpaired) electrons. The third-order valence-electron chi connectivity index (χ3n) is 6.79. The van der Waals surface area contributed by atoms with Gasteiger partial charge in [-0.2, -0.15) is 0 Å². The largest absolute Gasteiger partial charge is 0.312 e. The minimum atomic E-state index is 0.771. The zero-order chi connectivity index (χ0) is 15.9. The second kappa shape index (κ2) is 9.42. The molecule has 1 saturated heterocycles. The van der Waals surface area contributed by atoms with Crippen LogP contribution in [0.2, 0.25) is 0 Å². The van der Waals surface area contributed by atoms with Crippen molar-refractivity contribution >= 4 is 0 Å². The summed E-state index contributed by atoms with van der Waals surface area (Å²) in [5.74, 6) is 1.92. The van der Waals surface area contributed by atoms with Crippen LogP contribution in [0.4, 0.5) is 0 Å². The lowest BCUT2D eigenvalue weighted by molar-refractivity contribution is 0.0919. The van der Waals surface area contributed by atoms with Crippen molar-refractivity contribution in [3.63, 3.8) is 0 Å². The Kier molecular flexibility index (Phi) is 7.26. The van der Waals surface area contributed by atoms with Crippen LogP contribution in [0.25, 0.3) is 0 Å². The van der Waals surface area contributed by atoms with Crippen molar-refractivity contribution < 1.29 is 0 Å². The number of piperidine rings is 1. The average Bonchev–Trinajstić information content (AvgIpc) is 3.14. The third kappa shape index (κ3) is 5.46. The van der Waals surface area contributed by atoms with Crippen LogP contribution in [0.5, 0.6) is 0 Å². The van der Waals surface area contributed by atoms with Gasteiger partial charge >= 0.3 is 0 Å². The van der Waals surface area contributed by atoms with E-state index in [1.54, 1.807) is 0 Å². The molecular formula is C21H40N2. The molecule has 1 heterocycles. The molecule has 2 heteroatoms. The second-order valence-electron chi connectivity index (χ2n) is 8.75. The molecule has 3 aliphatic rings. The SMILES string of the molecule is CCCCC1CC(NCC2CCCCC2)CN(C2CCCC2)C1. The molecule has 134 valence electrons. The van der Waals surface area contributed by atoms with E-state index in [4.69, 9.17) is 0 Å². The predicted molar refractivity (Wildman–Crippen MR) is 99.8 cm³/mol. The van der Waals surface area contributed by atoms with Crippen molar-refractivity contribution in [1.29, 1.82) is 0 Å². The summed E-state index contributed by atoms with van der Waals surface area (Å²) >= 11 is 0. The zero-order valence-corrected chi connectivity index (χ0v) is 15.6. The summed E-state index contributed by atoms with van der Waals surface area (Å²) in [5, 5.41) is 4.01. The fourth-order valence-corrected chi connectivity index (χ4v) is 5.38. The van der Waals surface area contributed by atoms with Crippen molar-refractivity contribution in [1.82, 2.24) is 10.2 Å². The van der Waals surface area contributed by atoms with Crippen LogP contribution in [0.3, 0.4) is 0 Å². The van der Waals surface area contributed by atoms with Crippen LogP contribution in [-0.2, 0) is 0 Å². The normalized spacial score (nSPS) is 31.7. The van der Waals surface area contributed by atoms with Crippen molar-refractivity contribution in [3.05, 3.63) is 0 Å². The maximum absolute atomic E-state index is 4.01. The standard InChI is InChI=1S/C21H40N2/c1-2-3-9-19-14-20(22-15-18-10-5-4-6-11-18)17-23(16-19)21-12-7-8-13-21/h18-22H,2-17H2,1H3. The first-order valence-corrected chi connectivity index (χ1v) is 10.8. The topological polar surface area (TPSA) is 15.3 Å². The Morgan fingerprint density at radius 1 is 0.870 bits per heavy atom. The number of nitrogens with one attached hydrogen (secondary N) is 1. The summed E-state index contributed by atoms with van der Waals surface area (Å²) in [7, 11) is 0. The van der Waals surface area contributed by atoms with Crippen molar-refractivity contribution in [2.45, 2.75) is 102 Å². The zero-order valence-electron chi connectivity index (χ0n) is 15.6. The first-order chi connectivity index (χ1) is 11.3. The molecule has 0 aromatic rings. The fraction of sp³-hybridized carbons (Fsp3) is 1.00. The van der Waals surface area contributed by atoms with Crippen LogP contribution in [-0.4, -0.2) is 36.6 Å². The summed E-state index contributed by atoms with van der Waals surface area (Å²) < 4.78 is 0. The van der Waals surface area contributed by atoms with E-state index in [0.29, 0.717) is 0 Å². The van der Waals surface area contributed by atoms with E-state index in [0.717, 1.165) is 23.9 Å². The van der Waals surface area contributed by atoms with E-state index in [1.165, 1.54) is 103 Å². The van der Waals surface area contributed by atoms with Gasteiger partial charge in [0.15, 0.2) is 0 Å². The minimum absolute atomic E-state index is 0.771. The van der Waals surface area contributed by atoms with Crippen LogP contribution in [0.15, 0.2) is 0 Å². The average molecular weight is 321 g/mol. The van der Waals surface area contributed by atoms with Gasteiger partial charge in [0.1, 0.15) is 0 Å². The Hall–Kier alpha value is -0.0800. The molecule has 2 saturated carbocycles. The van der Waals surface area contributed by atoms with Gasteiger partial charge in [-0.15, -0.1) is 0 Å². The highest BCUT2D eigenvalue weighted by atomic mass is 15.2. The second-order valence-corrected chi connectivity index (χ2v) is 8.75. The summed E-state index contributed by atoms with van der Waals surface area (Å²) in [6, 6.07) is 1.69. The van der Waals surface area contributed by atoms with Crippen molar-refractivity contribution in [2.75, 3.05) is 19.6 Å². The van der Waals surface area contributed by atoms with Gasteiger partial charge < -0.3 is 5.32 Å². The molecule has 2 aliphatic carbocycles. The Morgan fingerprint density at radius 3 is 2.35 bits per heavy atom. The predicted octanol–water partition coefficient (Wildman–Crippen LogP) is 4.98. The van der Waals surface area contributed by atoms with Crippen LogP contribution >= 0.6 is 0 Å². The first-order valence-electron chi connectivity index (χ1n) is 10.8. The maximum atomic E-state index is 4.01. The maximum Gasteiger partial charge on any atom is 0.0198 e. The number of unbranched alkanes of at least 4 members (excludes halogenated alkanes) is 1. The van der Waals surface area contributed by atoms with Crippen molar-refractivity contribution in [3.8, 4) is 0 Å². The molecule has 1 aliphatic heterocycles. The van der Waals surface area contributed by atoms with Crippen LogP contribution in [0, 0.1) is 11.8 Å². The molecule has 3 fully saturated rings. The highest BCUT2D eigenvalue weighted by Gasteiger charge is 2.32. The monoisotopic (exact) mass is 320 g/mol. The van der Waals surface area contributed by atoms with Gasteiger partial charge in [-0.25, -0.2) is 0 Å². The van der Waals surface area contributed by atoms with Gasteiger partial charge in [-0.05, 0) is 56.9 Å². The van der Waals surface area contributed by atoms with E-state index in [9.17, 15) is 0 Å². The van der Waals surface area contributed by atoms with Crippen LogP contribution < -0.4 is 5.32 Å². The highest BCUT2D eigenvalue weighted by molar-refractivity contribution is 4.89. The third-order valence-corrected chi connectivity index (χ3v) is 6.79. The molecule has 0 bridgehead atoms. The Labute approximate surface area is 144 Å². The Morgan fingerprint density at radius 2 is 1.61 bits per heavy atom. The summed E-state index contributed by atoms with van der Waals surface area (Å²) in [6.45, 7) is 6.37. The first kappa shape index (κ1) is 17.7. The molecule has 0 aromatic carbocycles. The van der Waals surface area contributed by atoms with Crippen LogP contribution in [0.1, 0.15) is 90.4 Å². The Balaban J connectivity index is 1.49. The molecule has 2 unspecified atom stereocenters. The quantitative estimate of drug-likeness (QED) is 0.711. The molecular weight excluding hydrogens is 280 g/mol. The fourth-order valence-electron chi connectivity index (χ4n) is 5.38. The van der Waals surface area contributed by atoms with E-state index in [-0.39, 0.29) is 0 Å². The van der Waals surface area contributed by atoms with Gasteiger partial charge in [-0.1, -0.05) is 51.9 Å². The number of rotatable bonds is 7. The lowest BCUT2D eigenvalue weighted by Crippen LogP contribution is -2.52. The molecule has 23 heavy (non-hydrogen) atoms. The Bertz CT molecular complexity index is 318. The van der Waals surface area contributed by atoms with Gasteiger partial charge in [0.05, 0.1) is 0 Å². The van der Waals surface area contributed by atoms with Gasteiger partial charge in [0.2, 0.25) is 0 Å². The molecule has 0 amide bonds. The van der Waals surface area contributed by atoms with E-state index in [2.05, 4.69) is 17.1 Å². The number of nitrogens with zero attached hydrogens (tertiary/aromatic N) is 1. The van der Waals surface area contributed by atoms with Gasteiger partial charge in [0, 0.05) is 25.2 Å². The number of hydrogen-bond donors (Lipinski definition) is 1. The summed E-state index contributed by atoms with van der Waals surface area (Å²) in [5.41, 5.74) is 0. The summed E-state index contributed by atoms with van der Waals surface area (Å²) in [6.07, 6.45) is 19.0. The lowest BCUT2D eigenvalue weighted by Gasteiger charge is -2.42.